The Morgan fingerprint density at radius 1 is 1.14 bits per heavy atom. The molecule has 3 aromatic rings. The number of rotatable bonds is 5. The molecule has 0 aliphatic carbocycles. The second-order valence-electron chi connectivity index (χ2n) is 7.23. The molecule has 0 amide bonds. The number of hydrogen-bond acceptors (Lipinski definition) is 4. The molecule has 1 aromatic heterocycles. The average molecular weight is 376 g/mol. The van der Waals surface area contributed by atoms with Gasteiger partial charge in [0.2, 0.25) is 0 Å². The van der Waals surface area contributed by atoms with E-state index in [1.165, 1.54) is 5.56 Å². The lowest BCUT2D eigenvalue weighted by Gasteiger charge is -2.26. The summed E-state index contributed by atoms with van der Waals surface area (Å²) in [6, 6.07) is 15.4. The van der Waals surface area contributed by atoms with Crippen LogP contribution in [0, 0.1) is 6.92 Å². The maximum atomic E-state index is 11.6. The summed E-state index contributed by atoms with van der Waals surface area (Å²) >= 11 is 0. The number of aromatic carboxylic acids is 1. The van der Waals surface area contributed by atoms with Crippen molar-refractivity contribution in [3.63, 3.8) is 0 Å². The monoisotopic (exact) mass is 376 g/mol. The van der Waals surface area contributed by atoms with Gasteiger partial charge in [0, 0.05) is 30.6 Å². The summed E-state index contributed by atoms with van der Waals surface area (Å²) in [6.45, 7) is 6.73. The normalized spacial score (nSPS) is 15.0. The highest BCUT2D eigenvalue weighted by Crippen LogP contribution is 2.27. The van der Waals surface area contributed by atoms with E-state index in [9.17, 15) is 9.90 Å². The number of pyridine rings is 1. The van der Waals surface area contributed by atoms with Crippen LogP contribution in [0.4, 0.5) is 0 Å². The van der Waals surface area contributed by atoms with Gasteiger partial charge in [0.15, 0.2) is 0 Å². The molecule has 5 nitrogen and oxygen atoms in total. The lowest BCUT2D eigenvalue weighted by Crippen LogP contribution is -2.37. The summed E-state index contributed by atoms with van der Waals surface area (Å²) in [5.41, 5.74) is 4.91. The SMILES string of the molecule is Cc1cc(-c2ccccc2C(=O)O)nc2ccc(CCN3CCOCC3)cc12. The number of fused-ring (bicyclic) bond motifs is 1. The quantitative estimate of drug-likeness (QED) is 0.734. The number of nitrogens with zero attached hydrogens (tertiary/aromatic N) is 2. The molecule has 0 unspecified atom stereocenters. The molecule has 0 atom stereocenters. The van der Waals surface area contributed by atoms with Crippen LogP contribution in [0.1, 0.15) is 21.5 Å². The van der Waals surface area contributed by atoms with Crippen LogP contribution >= 0.6 is 0 Å². The lowest BCUT2D eigenvalue weighted by molar-refractivity contribution is 0.0384. The summed E-state index contributed by atoms with van der Waals surface area (Å²) in [5, 5.41) is 10.6. The van der Waals surface area contributed by atoms with Gasteiger partial charge in [-0.1, -0.05) is 24.3 Å². The minimum absolute atomic E-state index is 0.274. The Morgan fingerprint density at radius 3 is 2.71 bits per heavy atom. The number of hydrogen-bond donors (Lipinski definition) is 1. The van der Waals surface area contributed by atoms with E-state index >= 15 is 0 Å². The van der Waals surface area contributed by atoms with Crippen LogP contribution in [-0.2, 0) is 11.2 Å². The van der Waals surface area contributed by atoms with Gasteiger partial charge in [0.1, 0.15) is 0 Å². The molecule has 1 N–H and O–H groups in total. The summed E-state index contributed by atoms with van der Waals surface area (Å²) < 4.78 is 5.41. The van der Waals surface area contributed by atoms with Gasteiger partial charge >= 0.3 is 5.97 Å². The van der Waals surface area contributed by atoms with E-state index in [0.717, 1.165) is 55.7 Å². The van der Waals surface area contributed by atoms with Crippen molar-refractivity contribution in [1.82, 2.24) is 9.88 Å². The van der Waals surface area contributed by atoms with Crippen LogP contribution in [0.3, 0.4) is 0 Å². The maximum absolute atomic E-state index is 11.6. The summed E-state index contributed by atoms with van der Waals surface area (Å²) in [4.78, 5) is 18.7. The van der Waals surface area contributed by atoms with Gasteiger partial charge < -0.3 is 9.84 Å². The fraction of sp³-hybridized carbons (Fsp3) is 0.304. The number of carboxylic acid groups (broad SMARTS) is 1. The number of carbonyl (C=O) groups is 1. The van der Waals surface area contributed by atoms with Gasteiger partial charge in [-0.25, -0.2) is 9.78 Å². The molecule has 1 saturated heterocycles. The van der Waals surface area contributed by atoms with E-state index in [2.05, 4.69) is 24.0 Å². The van der Waals surface area contributed by atoms with E-state index in [0.29, 0.717) is 11.3 Å². The van der Waals surface area contributed by atoms with Gasteiger partial charge in [-0.3, -0.25) is 4.90 Å². The maximum Gasteiger partial charge on any atom is 0.336 e. The fourth-order valence-electron chi connectivity index (χ4n) is 3.74. The number of aromatic nitrogens is 1. The third-order valence-electron chi connectivity index (χ3n) is 5.33. The first kappa shape index (κ1) is 18.6. The molecule has 0 saturated carbocycles. The number of carboxylic acids is 1. The topological polar surface area (TPSA) is 62.7 Å². The zero-order valence-corrected chi connectivity index (χ0v) is 16.0. The summed E-state index contributed by atoms with van der Waals surface area (Å²) in [6.07, 6.45) is 0.999. The molecule has 1 fully saturated rings. The molecule has 0 spiro atoms. The number of benzene rings is 2. The number of aryl methyl sites for hydroxylation is 1. The highest BCUT2D eigenvalue weighted by Gasteiger charge is 2.14. The van der Waals surface area contributed by atoms with Gasteiger partial charge in [-0.15, -0.1) is 0 Å². The van der Waals surface area contributed by atoms with Crippen molar-refractivity contribution in [3.8, 4) is 11.3 Å². The smallest absolute Gasteiger partial charge is 0.336 e. The van der Waals surface area contributed by atoms with Crippen molar-refractivity contribution in [2.45, 2.75) is 13.3 Å². The van der Waals surface area contributed by atoms with Crippen molar-refractivity contribution in [3.05, 3.63) is 65.2 Å². The van der Waals surface area contributed by atoms with Crippen LogP contribution < -0.4 is 0 Å². The second-order valence-corrected chi connectivity index (χ2v) is 7.23. The van der Waals surface area contributed by atoms with E-state index < -0.39 is 5.97 Å². The highest BCUT2D eigenvalue weighted by atomic mass is 16.5. The van der Waals surface area contributed by atoms with Crippen molar-refractivity contribution < 1.29 is 14.6 Å². The molecule has 144 valence electrons. The summed E-state index contributed by atoms with van der Waals surface area (Å²) in [7, 11) is 0. The zero-order chi connectivity index (χ0) is 19.5. The van der Waals surface area contributed by atoms with E-state index in [4.69, 9.17) is 9.72 Å². The van der Waals surface area contributed by atoms with Crippen LogP contribution in [-0.4, -0.2) is 53.8 Å². The Bertz CT molecular complexity index is 1010. The largest absolute Gasteiger partial charge is 0.478 e. The van der Waals surface area contributed by atoms with E-state index in [-0.39, 0.29) is 5.56 Å². The lowest BCUT2D eigenvalue weighted by atomic mass is 9.99. The molecule has 0 bridgehead atoms. The molecule has 2 aromatic carbocycles. The Kier molecular flexibility index (Phi) is 5.37. The fourth-order valence-corrected chi connectivity index (χ4v) is 3.74. The first-order valence-electron chi connectivity index (χ1n) is 9.65. The zero-order valence-electron chi connectivity index (χ0n) is 16.0. The first-order valence-corrected chi connectivity index (χ1v) is 9.65. The Labute approximate surface area is 164 Å². The first-order chi connectivity index (χ1) is 13.6. The standard InChI is InChI=1S/C23H24N2O3/c1-16-14-22(18-4-2-3-5-19(18)23(26)27)24-21-7-6-17(15-20(16)21)8-9-25-10-12-28-13-11-25/h2-7,14-15H,8-13H2,1H3,(H,26,27). The third kappa shape index (κ3) is 3.91. The second kappa shape index (κ2) is 8.09. The predicted octanol–water partition coefficient (Wildman–Crippen LogP) is 3.78. The van der Waals surface area contributed by atoms with Crippen LogP contribution in [0.15, 0.2) is 48.5 Å². The van der Waals surface area contributed by atoms with Crippen LogP contribution in [0.5, 0.6) is 0 Å². The Hall–Kier alpha value is -2.76. The average Bonchev–Trinajstić information content (AvgIpc) is 2.73. The predicted molar refractivity (Wildman–Crippen MR) is 110 cm³/mol. The minimum atomic E-state index is -0.936. The van der Waals surface area contributed by atoms with Crippen molar-refractivity contribution in [2.24, 2.45) is 0 Å². The van der Waals surface area contributed by atoms with Gasteiger partial charge in [0.25, 0.3) is 0 Å². The van der Waals surface area contributed by atoms with Crippen molar-refractivity contribution in [2.75, 3.05) is 32.8 Å². The number of morpholine rings is 1. The number of ether oxygens (including phenoxy) is 1. The molecule has 28 heavy (non-hydrogen) atoms. The molecule has 2 heterocycles. The minimum Gasteiger partial charge on any atom is -0.478 e. The Morgan fingerprint density at radius 2 is 1.93 bits per heavy atom. The molecule has 5 heteroatoms. The molecule has 1 aliphatic rings. The third-order valence-corrected chi connectivity index (χ3v) is 5.33. The van der Waals surface area contributed by atoms with Gasteiger partial charge in [-0.05, 0) is 48.7 Å². The van der Waals surface area contributed by atoms with E-state index in [1.807, 2.05) is 24.3 Å². The highest BCUT2D eigenvalue weighted by molar-refractivity contribution is 5.96. The van der Waals surface area contributed by atoms with Crippen molar-refractivity contribution >= 4 is 16.9 Å². The molecular formula is C23H24N2O3. The van der Waals surface area contributed by atoms with Crippen molar-refractivity contribution in [1.29, 1.82) is 0 Å². The Balaban J connectivity index is 1.62. The molecular weight excluding hydrogens is 352 g/mol. The van der Waals surface area contributed by atoms with E-state index in [1.54, 1.807) is 12.1 Å². The van der Waals surface area contributed by atoms with Gasteiger partial charge in [-0.2, -0.15) is 0 Å². The molecule has 4 rings (SSSR count). The van der Waals surface area contributed by atoms with Crippen LogP contribution in [0.2, 0.25) is 0 Å². The van der Waals surface area contributed by atoms with Crippen LogP contribution in [0.25, 0.3) is 22.2 Å². The summed E-state index contributed by atoms with van der Waals surface area (Å²) in [5.74, 6) is -0.936. The van der Waals surface area contributed by atoms with Gasteiger partial charge in [0.05, 0.1) is 30.0 Å². The molecule has 1 aliphatic heterocycles. The molecule has 0 radical (unpaired) electrons.